The number of benzene rings is 1. The topological polar surface area (TPSA) is 90.4 Å². The molecule has 0 bridgehead atoms. The maximum atomic E-state index is 14.5. The first-order valence-electron chi connectivity index (χ1n) is 9.75. The van der Waals surface area contributed by atoms with Crippen LogP contribution in [-0.4, -0.2) is 26.0 Å². The first kappa shape index (κ1) is 18.4. The summed E-state index contributed by atoms with van der Waals surface area (Å²) in [6, 6.07) is 5.11. The molecule has 152 valence electrons. The highest BCUT2D eigenvalue weighted by Gasteiger charge is 2.20. The van der Waals surface area contributed by atoms with Crippen LogP contribution in [0.3, 0.4) is 0 Å². The highest BCUT2D eigenvalue weighted by molar-refractivity contribution is 5.78. The van der Waals surface area contributed by atoms with Gasteiger partial charge in [0.05, 0.1) is 12.3 Å². The second-order valence-electron chi connectivity index (χ2n) is 7.45. The van der Waals surface area contributed by atoms with Crippen LogP contribution < -0.4 is 15.8 Å². The number of hydrogen-bond donors (Lipinski definition) is 2. The van der Waals surface area contributed by atoms with Gasteiger partial charge in [-0.15, -0.1) is 0 Å². The van der Waals surface area contributed by atoms with Crippen LogP contribution in [0.1, 0.15) is 22.4 Å². The Morgan fingerprint density at radius 2 is 2.10 bits per heavy atom. The Hall–Kier alpha value is -3.68. The average molecular weight is 404 g/mol. The van der Waals surface area contributed by atoms with Crippen molar-refractivity contribution in [3.05, 3.63) is 65.0 Å². The van der Waals surface area contributed by atoms with Crippen molar-refractivity contribution >= 4 is 17.4 Å². The van der Waals surface area contributed by atoms with E-state index in [2.05, 4.69) is 20.3 Å². The van der Waals surface area contributed by atoms with Gasteiger partial charge in [-0.3, -0.25) is 4.40 Å². The molecule has 0 saturated heterocycles. The van der Waals surface area contributed by atoms with E-state index in [-0.39, 0.29) is 5.82 Å². The number of nitrogens with two attached hydrogens (primary N) is 1. The van der Waals surface area contributed by atoms with Crippen LogP contribution in [0, 0.1) is 19.7 Å². The van der Waals surface area contributed by atoms with E-state index in [0.717, 1.165) is 39.3 Å². The maximum absolute atomic E-state index is 14.5. The number of pyridine rings is 1. The number of aryl methyl sites for hydroxylation is 2. The van der Waals surface area contributed by atoms with E-state index in [4.69, 9.17) is 10.5 Å². The van der Waals surface area contributed by atoms with Crippen molar-refractivity contribution in [3.63, 3.8) is 0 Å². The highest BCUT2D eigenvalue weighted by Crippen LogP contribution is 2.31. The number of nitrogens with one attached hydrogen (secondary N) is 1. The van der Waals surface area contributed by atoms with Crippen molar-refractivity contribution in [2.24, 2.45) is 0 Å². The van der Waals surface area contributed by atoms with E-state index >= 15 is 0 Å². The quantitative estimate of drug-likeness (QED) is 0.539. The molecule has 0 unspecified atom stereocenters. The molecule has 4 heterocycles. The van der Waals surface area contributed by atoms with E-state index in [9.17, 15) is 4.39 Å². The lowest BCUT2D eigenvalue weighted by molar-refractivity contribution is 0.356. The minimum Gasteiger partial charge on any atom is -0.493 e. The van der Waals surface area contributed by atoms with Crippen LogP contribution in [0.5, 0.6) is 5.75 Å². The molecule has 1 aromatic carbocycles. The zero-order valence-corrected chi connectivity index (χ0v) is 16.7. The van der Waals surface area contributed by atoms with Crippen LogP contribution >= 0.6 is 0 Å². The standard InChI is InChI=1S/C22H21FN6O/c1-12-7-14(8-25-20(12)24)16-9-26-22(29-11-13(2)28-21(16)29)27-10-17-15-5-6-30-19(15)4-3-18(17)23/h3-4,7-9,11H,5-6,10H2,1-2H3,(H2,24,25)(H,26,27). The Kier molecular flexibility index (Phi) is 4.27. The normalized spacial score (nSPS) is 12.8. The molecule has 1 aliphatic heterocycles. The molecule has 0 fully saturated rings. The fourth-order valence-electron chi connectivity index (χ4n) is 3.84. The predicted octanol–water partition coefficient (Wildman–Crippen LogP) is 3.68. The lowest BCUT2D eigenvalue weighted by Gasteiger charge is -2.13. The van der Waals surface area contributed by atoms with Gasteiger partial charge in [-0.05, 0) is 37.6 Å². The van der Waals surface area contributed by atoms with Crippen LogP contribution in [-0.2, 0) is 13.0 Å². The van der Waals surface area contributed by atoms with Gasteiger partial charge in [0.15, 0.2) is 0 Å². The van der Waals surface area contributed by atoms with Crippen LogP contribution in [0.2, 0.25) is 0 Å². The summed E-state index contributed by atoms with van der Waals surface area (Å²) in [4.78, 5) is 13.5. The summed E-state index contributed by atoms with van der Waals surface area (Å²) in [5, 5.41) is 3.27. The van der Waals surface area contributed by atoms with Crippen molar-refractivity contribution in [1.82, 2.24) is 19.4 Å². The monoisotopic (exact) mass is 404 g/mol. The van der Waals surface area contributed by atoms with Crippen molar-refractivity contribution < 1.29 is 9.13 Å². The highest BCUT2D eigenvalue weighted by atomic mass is 19.1. The third kappa shape index (κ3) is 3.01. The van der Waals surface area contributed by atoms with Crippen LogP contribution in [0.25, 0.3) is 16.8 Å². The number of halogens is 1. The van der Waals surface area contributed by atoms with E-state index in [1.54, 1.807) is 18.5 Å². The number of aromatic nitrogens is 4. The van der Waals surface area contributed by atoms with Gasteiger partial charge in [0.2, 0.25) is 5.95 Å². The fraction of sp³-hybridized carbons (Fsp3) is 0.227. The number of rotatable bonds is 4. The number of imidazole rings is 1. The number of nitrogen functional groups attached to an aromatic ring is 1. The predicted molar refractivity (Wildman–Crippen MR) is 113 cm³/mol. The van der Waals surface area contributed by atoms with E-state index in [0.29, 0.717) is 36.9 Å². The molecule has 0 aliphatic carbocycles. The number of ether oxygens (including phenoxy) is 1. The number of hydrogen-bond acceptors (Lipinski definition) is 6. The van der Waals surface area contributed by atoms with Crippen LogP contribution in [0.15, 0.2) is 36.8 Å². The Balaban J connectivity index is 1.53. The molecule has 4 aromatic rings. The number of fused-ring (bicyclic) bond motifs is 2. The lowest BCUT2D eigenvalue weighted by atomic mass is 10.0. The summed E-state index contributed by atoms with van der Waals surface area (Å²) >= 11 is 0. The van der Waals surface area contributed by atoms with Crippen molar-refractivity contribution in [2.75, 3.05) is 17.7 Å². The molecule has 30 heavy (non-hydrogen) atoms. The van der Waals surface area contributed by atoms with Gasteiger partial charge in [-0.2, -0.15) is 0 Å². The lowest BCUT2D eigenvalue weighted by Crippen LogP contribution is -2.09. The van der Waals surface area contributed by atoms with Gasteiger partial charge in [0.1, 0.15) is 23.0 Å². The van der Waals surface area contributed by atoms with Crippen molar-refractivity contribution in [3.8, 4) is 16.9 Å². The molecule has 0 radical (unpaired) electrons. The van der Waals surface area contributed by atoms with Gasteiger partial charge in [0, 0.05) is 53.8 Å². The molecular formula is C22H21FN6O. The number of nitrogens with zero attached hydrogens (tertiary/aromatic N) is 4. The molecule has 3 N–H and O–H groups in total. The van der Waals surface area contributed by atoms with E-state index in [1.807, 2.05) is 30.5 Å². The summed E-state index contributed by atoms with van der Waals surface area (Å²) in [7, 11) is 0. The molecule has 0 spiro atoms. The van der Waals surface area contributed by atoms with Gasteiger partial charge >= 0.3 is 0 Å². The molecule has 8 heteroatoms. The second kappa shape index (κ2) is 6.98. The van der Waals surface area contributed by atoms with Crippen molar-refractivity contribution in [1.29, 1.82) is 0 Å². The Bertz CT molecular complexity index is 1280. The second-order valence-corrected chi connectivity index (χ2v) is 7.45. The van der Waals surface area contributed by atoms with E-state index < -0.39 is 0 Å². The van der Waals surface area contributed by atoms with Crippen LogP contribution in [0.4, 0.5) is 16.2 Å². The summed E-state index contributed by atoms with van der Waals surface area (Å²) in [5.41, 5.74) is 11.6. The molecule has 5 rings (SSSR count). The van der Waals surface area contributed by atoms with Gasteiger partial charge < -0.3 is 15.8 Å². The van der Waals surface area contributed by atoms with Gasteiger partial charge in [-0.25, -0.2) is 19.3 Å². The molecular weight excluding hydrogens is 383 g/mol. The third-order valence-corrected chi connectivity index (χ3v) is 5.41. The largest absolute Gasteiger partial charge is 0.493 e. The molecule has 7 nitrogen and oxygen atoms in total. The fourth-order valence-corrected chi connectivity index (χ4v) is 3.84. The van der Waals surface area contributed by atoms with Gasteiger partial charge in [0.25, 0.3) is 0 Å². The third-order valence-electron chi connectivity index (χ3n) is 5.41. The SMILES string of the molecule is Cc1cn2c(NCc3c(F)ccc4c3CCO4)ncc(-c3cnc(N)c(C)c3)c2n1. The summed E-state index contributed by atoms with van der Waals surface area (Å²) in [5.74, 6) is 1.60. The molecule has 0 atom stereocenters. The zero-order chi connectivity index (χ0) is 20.8. The molecule has 3 aromatic heterocycles. The van der Waals surface area contributed by atoms with Gasteiger partial charge in [-0.1, -0.05) is 0 Å². The maximum Gasteiger partial charge on any atom is 0.208 e. The summed E-state index contributed by atoms with van der Waals surface area (Å²) in [6.07, 6.45) is 6.09. The first-order valence-corrected chi connectivity index (χ1v) is 9.75. The summed E-state index contributed by atoms with van der Waals surface area (Å²) < 4.78 is 21.9. The van der Waals surface area contributed by atoms with Crippen molar-refractivity contribution in [2.45, 2.75) is 26.8 Å². The first-order chi connectivity index (χ1) is 14.5. The minimum atomic E-state index is -0.246. The average Bonchev–Trinajstić information content (AvgIpc) is 3.35. The van der Waals surface area contributed by atoms with E-state index in [1.165, 1.54) is 6.07 Å². The zero-order valence-electron chi connectivity index (χ0n) is 16.7. The Labute approximate surface area is 172 Å². The Morgan fingerprint density at radius 1 is 1.23 bits per heavy atom. The summed E-state index contributed by atoms with van der Waals surface area (Å²) in [6.45, 7) is 4.73. The molecule has 0 amide bonds. The minimum absolute atomic E-state index is 0.246. The smallest absolute Gasteiger partial charge is 0.208 e. The number of anilines is 2. The Morgan fingerprint density at radius 3 is 2.93 bits per heavy atom. The molecule has 1 aliphatic rings. The molecule has 0 saturated carbocycles.